The van der Waals surface area contributed by atoms with Crippen LogP contribution in [0.25, 0.3) is 0 Å². The molecule has 0 amide bonds. The van der Waals surface area contributed by atoms with Crippen molar-refractivity contribution in [3.8, 4) is 0 Å². The van der Waals surface area contributed by atoms with Crippen LogP contribution in [0.4, 0.5) is 0 Å². The van der Waals surface area contributed by atoms with Crippen molar-refractivity contribution in [2.75, 3.05) is 0 Å². The number of rotatable bonds is 0. The Morgan fingerprint density at radius 3 is 0.818 bits per heavy atom. The highest BCUT2D eigenvalue weighted by atomic mass is 15.1. The summed E-state index contributed by atoms with van der Waals surface area (Å²) in [5, 5.41) is 20.1. The van der Waals surface area contributed by atoms with Crippen molar-refractivity contribution >= 4 is 8.41 Å². The normalized spacial score (nSPS) is 9.00. The van der Waals surface area contributed by atoms with E-state index in [0.717, 1.165) is 34.2 Å². The third-order valence-corrected chi connectivity index (χ3v) is 2.50. The number of nitrogens with zero attached hydrogens (tertiary/aromatic N) is 3. The third-order valence-electron chi connectivity index (χ3n) is 2.50. The number of hydrogen-bond acceptors (Lipinski definition) is 3. The van der Waals surface area contributed by atoms with Crippen molar-refractivity contribution in [1.82, 2.24) is 30.6 Å². The highest BCUT2D eigenvalue weighted by Gasteiger charge is 1.85. The maximum atomic E-state index is 3.89. The van der Waals surface area contributed by atoms with Crippen LogP contribution in [0.5, 0.6) is 0 Å². The summed E-state index contributed by atoms with van der Waals surface area (Å²) in [4.78, 5) is 0. The summed E-state index contributed by atoms with van der Waals surface area (Å²) >= 11 is 0. The zero-order chi connectivity index (χ0) is 15.8. The third kappa shape index (κ3) is 8.09. The second-order valence-corrected chi connectivity index (χ2v) is 5.08. The van der Waals surface area contributed by atoms with Gasteiger partial charge in [0.2, 0.25) is 0 Å². The van der Waals surface area contributed by atoms with Gasteiger partial charge >= 0.3 is 0 Å². The van der Waals surface area contributed by atoms with Gasteiger partial charge in [-0.05, 0) is 59.7 Å². The predicted molar refractivity (Wildman–Crippen MR) is 94.1 cm³/mol. The summed E-state index contributed by atoms with van der Waals surface area (Å²) in [6.45, 7) is 11.8. The maximum absolute atomic E-state index is 3.89. The van der Waals surface area contributed by atoms with Gasteiger partial charge < -0.3 is 0 Å². The number of aromatic nitrogens is 6. The largest absolute Gasteiger partial charge is 0.283 e. The number of aryl methyl sites for hydroxylation is 6. The fourth-order valence-corrected chi connectivity index (χ4v) is 1.66. The zero-order valence-electron chi connectivity index (χ0n) is 13.6. The van der Waals surface area contributed by atoms with Crippen molar-refractivity contribution in [2.45, 2.75) is 41.5 Å². The summed E-state index contributed by atoms with van der Waals surface area (Å²) in [6, 6.07) is 6.00. The Bertz CT molecular complexity index is 512. The van der Waals surface area contributed by atoms with Crippen LogP contribution < -0.4 is 0 Å². The Kier molecular flexibility index (Phi) is 8.59. The Hall–Kier alpha value is -2.31. The quantitative estimate of drug-likeness (QED) is 0.554. The Balaban J connectivity index is 0.000000294. The first-order valence-corrected chi connectivity index (χ1v) is 6.82. The number of nitrogens with one attached hydrogen (secondary N) is 3. The van der Waals surface area contributed by atoms with Crippen LogP contribution in [0.2, 0.25) is 0 Å². The molecule has 0 aliphatic rings. The molecule has 0 radical (unpaired) electrons. The molecule has 3 aromatic heterocycles. The van der Waals surface area contributed by atoms with Crippen LogP contribution in [-0.2, 0) is 0 Å². The molecule has 0 atom stereocenters. The number of hydrogen-bond donors (Lipinski definition) is 3. The minimum Gasteiger partial charge on any atom is -0.283 e. The fourth-order valence-electron chi connectivity index (χ4n) is 1.66. The van der Waals surface area contributed by atoms with E-state index in [1.165, 1.54) is 0 Å². The van der Waals surface area contributed by atoms with Crippen molar-refractivity contribution in [3.63, 3.8) is 0 Å². The second-order valence-electron chi connectivity index (χ2n) is 5.08. The van der Waals surface area contributed by atoms with Gasteiger partial charge in [0.25, 0.3) is 0 Å². The van der Waals surface area contributed by atoms with Crippen LogP contribution in [0.15, 0.2) is 18.2 Å². The van der Waals surface area contributed by atoms with E-state index < -0.39 is 0 Å². The van der Waals surface area contributed by atoms with E-state index in [4.69, 9.17) is 0 Å². The summed E-state index contributed by atoms with van der Waals surface area (Å²) in [5.74, 6) is 0. The van der Waals surface area contributed by atoms with Gasteiger partial charge in [-0.1, -0.05) is 0 Å². The van der Waals surface area contributed by atoms with E-state index in [-0.39, 0.29) is 8.41 Å². The van der Waals surface area contributed by atoms with Crippen LogP contribution >= 0.6 is 0 Å². The molecule has 0 aliphatic heterocycles. The summed E-state index contributed by atoms with van der Waals surface area (Å²) < 4.78 is 0. The zero-order valence-corrected chi connectivity index (χ0v) is 13.6. The number of H-pyrrole nitrogens is 3. The molecule has 0 aromatic carbocycles. The molecular weight excluding hydrogens is 275 g/mol. The molecular formula is C15H27BN6. The molecule has 0 saturated heterocycles. The van der Waals surface area contributed by atoms with E-state index in [1.807, 2.05) is 59.7 Å². The highest BCUT2D eigenvalue weighted by Crippen LogP contribution is 1.93. The molecule has 0 saturated carbocycles. The fraction of sp³-hybridized carbons (Fsp3) is 0.400. The molecule has 0 unspecified atom stereocenters. The predicted octanol–water partition coefficient (Wildman–Crippen LogP) is 1.90. The molecule has 6 nitrogen and oxygen atoms in total. The van der Waals surface area contributed by atoms with E-state index in [2.05, 4.69) is 30.6 Å². The van der Waals surface area contributed by atoms with Gasteiger partial charge in [0.15, 0.2) is 0 Å². The molecule has 0 bridgehead atoms. The van der Waals surface area contributed by atoms with Gasteiger partial charge in [-0.2, -0.15) is 15.3 Å². The van der Waals surface area contributed by atoms with Crippen molar-refractivity contribution in [2.24, 2.45) is 0 Å². The lowest BCUT2D eigenvalue weighted by Crippen LogP contribution is -1.68. The smallest absolute Gasteiger partial charge is 0.0814 e. The van der Waals surface area contributed by atoms with E-state index in [0.29, 0.717) is 0 Å². The molecule has 0 fully saturated rings. The molecule has 3 heterocycles. The first-order chi connectivity index (χ1) is 9.86. The van der Waals surface area contributed by atoms with Crippen LogP contribution in [-0.4, -0.2) is 39.0 Å². The SMILES string of the molecule is B.Cc1cc(C)[nH]n1.Cc1cc(C)[nH]n1.Cc1cc(C)[nH]n1. The second kappa shape index (κ2) is 9.60. The van der Waals surface area contributed by atoms with Gasteiger partial charge in [0, 0.05) is 17.1 Å². The van der Waals surface area contributed by atoms with Crippen molar-refractivity contribution < 1.29 is 0 Å². The molecule has 3 rings (SSSR count). The summed E-state index contributed by atoms with van der Waals surface area (Å²) in [7, 11) is 0. The van der Waals surface area contributed by atoms with E-state index >= 15 is 0 Å². The number of aromatic amines is 3. The average Bonchev–Trinajstić information content (AvgIpc) is 3.06. The molecule has 120 valence electrons. The Morgan fingerprint density at radius 2 is 0.773 bits per heavy atom. The molecule has 22 heavy (non-hydrogen) atoms. The van der Waals surface area contributed by atoms with Crippen LogP contribution in [0.1, 0.15) is 34.2 Å². The standard InChI is InChI=1S/3C5H8N2.BH3/c3*1-4-3-5(2)7-6-4;/h3*3H,1-2H3,(H,6,7);1H3. The van der Waals surface area contributed by atoms with Crippen molar-refractivity contribution in [1.29, 1.82) is 0 Å². The lowest BCUT2D eigenvalue weighted by atomic mass is 10.4. The molecule has 3 N–H and O–H groups in total. The van der Waals surface area contributed by atoms with E-state index in [1.54, 1.807) is 0 Å². The first-order valence-electron chi connectivity index (χ1n) is 6.82. The average molecular weight is 302 g/mol. The van der Waals surface area contributed by atoms with E-state index in [9.17, 15) is 0 Å². The van der Waals surface area contributed by atoms with Crippen molar-refractivity contribution in [3.05, 3.63) is 52.4 Å². The highest BCUT2D eigenvalue weighted by molar-refractivity contribution is 5.75. The monoisotopic (exact) mass is 302 g/mol. The van der Waals surface area contributed by atoms with Crippen LogP contribution in [0.3, 0.4) is 0 Å². The first kappa shape index (κ1) is 19.7. The van der Waals surface area contributed by atoms with Gasteiger partial charge in [0.05, 0.1) is 25.5 Å². The molecule has 0 aliphatic carbocycles. The minimum absolute atomic E-state index is 0. The maximum Gasteiger partial charge on any atom is 0.0814 e. The van der Waals surface area contributed by atoms with Gasteiger partial charge in [-0.3, -0.25) is 15.3 Å². The summed E-state index contributed by atoms with van der Waals surface area (Å²) in [5.41, 5.74) is 6.53. The molecule has 7 heteroatoms. The lowest BCUT2D eigenvalue weighted by Gasteiger charge is -1.68. The molecule has 0 spiro atoms. The topological polar surface area (TPSA) is 86.0 Å². The minimum atomic E-state index is 0. The van der Waals surface area contributed by atoms with Gasteiger partial charge in [-0.25, -0.2) is 0 Å². The Morgan fingerprint density at radius 1 is 0.545 bits per heavy atom. The van der Waals surface area contributed by atoms with Gasteiger partial charge in [-0.15, -0.1) is 0 Å². The lowest BCUT2D eigenvalue weighted by molar-refractivity contribution is 1.02. The Labute approximate surface area is 133 Å². The summed E-state index contributed by atoms with van der Waals surface area (Å²) in [6.07, 6.45) is 0. The molecule has 3 aromatic rings. The van der Waals surface area contributed by atoms with Gasteiger partial charge in [0.1, 0.15) is 0 Å². The van der Waals surface area contributed by atoms with Crippen LogP contribution in [0, 0.1) is 41.5 Å².